The summed E-state index contributed by atoms with van der Waals surface area (Å²) < 4.78 is 26.8. The fraction of sp³-hybridized carbons (Fsp3) is 0.0769. The quantitative estimate of drug-likeness (QED) is 0.512. The van der Waals surface area contributed by atoms with Crippen LogP contribution in [-0.2, 0) is 6.54 Å². The predicted molar refractivity (Wildman–Crippen MR) is 68.4 cm³/mol. The molecule has 0 heterocycles. The molecule has 2 N–H and O–H groups in total. The van der Waals surface area contributed by atoms with Crippen LogP contribution in [0, 0.1) is 21.7 Å². The van der Waals surface area contributed by atoms with Crippen LogP contribution in [0.25, 0.3) is 0 Å². The number of benzene rings is 2. The maximum Gasteiger partial charge on any atom is 0.296 e. The summed E-state index contributed by atoms with van der Waals surface area (Å²) in [6.45, 7) is -0.246. The van der Waals surface area contributed by atoms with E-state index in [2.05, 4.69) is 5.32 Å². The monoisotopic (exact) mass is 280 g/mol. The second-order valence-corrected chi connectivity index (χ2v) is 4.01. The van der Waals surface area contributed by atoms with Gasteiger partial charge in [-0.1, -0.05) is 6.07 Å². The zero-order valence-corrected chi connectivity index (χ0v) is 10.1. The van der Waals surface area contributed by atoms with Gasteiger partial charge in [-0.05, 0) is 24.3 Å². The minimum atomic E-state index is -0.737. The molecule has 2 aromatic carbocycles. The molecular formula is C13H10F2N2O3. The van der Waals surface area contributed by atoms with Gasteiger partial charge in [-0.2, -0.15) is 0 Å². The molecule has 2 rings (SSSR count). The predicted octanol–water partition coefficient (Wildman–Crippen LogP) is 3.19. The lowest BCUT2D eigenvalue weighted by molar-refractivity contribution is -0.384. The number of nitro benzene ring substituents is 1. The number of nitrogens with one attached hydrogen (secondary N) is 1. The minimum absolute atomic E-state index is 0.0652. The first-order chi connectivity index (χ1) is 9.49. The van der Waals surface area contributed by atoms with E-state index in [1.165, 1.54) is 18.2 Å². The van der Waals surface area contributed by atoms with E-state index in [9.17, 15) is 24.0 Å². The Kier molecular flexibility index (Phi) is 3.79. The van der Waals surface area contributed by atoms with Crippen LogP contribution in [0.15, 0.2) is 36.4 Å². The highest BCUT2D eigenvalue weighted by atomic mass is 19.1. The van der Waals surface area contributed by atoms with Gasteiger partial charge in [0, 0.05) is 12.1 Å². The van der Waals surface area contributed by atoms with Crippen LogP contribution in [0.1, 0.15) is 5.56 Å². The largest absolute Gasteiger partial charge is 0.508 e. The van der Waals surface area contributed by atoms with Crippen LogP contribution >= 0.6 is 0 Å². The second-order valence-electron chi connectivity index (χ2n) is 4.01. The first kappa shape index (κ1) is 13.7. The van der Waals surface area contributed by atoms with Crippen LogP contribution in [0.2, 0.25) is 0 Å². The first-order valence-electron chi connectivity index (χ1n) is 5.63. The molecule has 0 aromatic heterocycles. The van der Waals surface area contributed by atoms with Crippen LogP contribution in [0.4, 0.5) is 20.2 Å². The van der Waals surface area contributed by atoms with Crippen molar-refractivity contribution in [2.24, 2.45) is 0 Å². The third kappa shape index (κ3) is 2.82. The van der Waals surface area contributed by atoms with Crippen molar-refractivity contribution in [2.75, 3.05) is 5.32 Å². The summed E-state index contributed by atoms with van der Waals surface area (Å²) in [5.74, 6) is -1.74. The Morgan fingerprint density at radius 2 is 1.85 bits per heavy atom. The van der Waals surface area contributed by atoms with Gasteiger partial charge in [0.2, 0.25) is 0 Å². The summed E-state index contributed by atoms with van der Waals surface area (Å²) in [7, 11) is 0. The van der Waals surface area contributed by atoms with Crippen molar-refractivity contribution in [3.8, 4) is 5.75 Å². The summed E-state index contributed by atoms with van der Waals surface area (Å²) in [6, 6.07) is 6.91. The zero-order chi connectivity index (χ0) is 14.7. The molecule has 104 valence electrons. The van der Waals surface area contributed by atoms with Crippen molar-refractivity contribution in [1.82, 2.24) is 0 Å². The van der Waals surface area contributed by atoms with Gasteiger partial charge in [0.05, 0.1) is 11.0 Å². The third-order valence-corrected chi connectivity index (χ3v) is 2.70. The van der Waals surface area contributed by atoms with Gasteiger partial charge in [-0.15, -0.1) is 0 Å². The normalized spacial score (nSPS) is 10.3. The standard InChI is InChI=1S/C13H10F2N2O3/c14-10-2-1-3-11(15)9(10)7-16-12-5-4-8(18)6-13(12)17(19)20/h1-6,16,18H,7H2. The number of nitro groups is 1. The minimum Gasteiger partial charge on any atom is -0.508 e. The van der Waals surface area contributed by atoms with Crippen LogP contribution in [0.3, 0.4) is 0 Å². The maximum atomic E-state index is 13.4. The van der Waals surface area contributed by atoms with Crippen molar-refractivity contribution in [3.63, 3.8) is 0 Å². The van der Waals surface area contributed by atoms with Gasteiger partial charge >= 0.3 is 0 Å². The number of anilines is 1. The van der Waals surface area contributed by atoms with E-state index in [1.807, 2.05) is 0 Å². The number of phenols is 1. The summed E-state index contributed by atoms with van der Waals surface area (Å²) in [5, 5.41) is 22.6. The topological polar surface area (TPSA) is 75.4 Å². The molecule has 0 atom stereocenters. The Hall–Kier alpha value is -2.70. The lowest BCUT2D eigenvalue weighted by atomic mass is 10.2. The Morgan fingerprint density at radius 1 is 1.20 bits per heavy atom. The molecule has 0 aliphatic carbocycles. The Balaban J connectivity index is 2.25. The lowest BCUT2D eigenvalue weighted by Gasteiger charge is -2.09. The lowest BCUT2D eigenvalue weighted by Crippen LogP contribution is -2.06. The molecule has 20 heavy (non-hydrogen) atoms. The van der Waals surface area contributed by atoms with Crippen LogP contribution in [-0.4, -0.2) is 10.0 Å². The fourth-order valence-electron chi connectivity index (χ4n) is 1.71. The van der Waals surface area contributed by atoms with Gasteiger partial charge in [0.25, 0.3) is 5.69 Å². The molecule has 0 aliphatic heterocycles. The molecule has 7 heteroatoms. The Bertz CT molecular complexity index is 642. The average Bonchev–Trinajstić information content (AvgIpc) is 2.39. The van der Waals surface area contributed by atoms with E-state index in [4.69, 9.17) is 0 Å². The molecular weight excluding hydrogens is 270 g/mol. The number of rotatable bonds is 4. The van der Waals surface area contributed by atoms with Gasteiger partial charge < -0.3 is 10.4 Å². The van der Waals surface area contributed by atoms with Gasteiger partial charge in [-0.25, -0.2) is 8.78 Å². The van der Waals surface area contributed by atoms with Crippen LogP contribution in [0.5, 0.6) is 5.75 Å². The number of hydrogen-bond acceptors (Lipinski definition) is 4. The van der Waals surface area contributed by atoms with E-state index in [0.717, 1.165) is 18.2 Å². The Morgan fingerprint density at radius 3 is 2.45 bits per heavy atom. The summed E-state index contributed by atoms with van der Waals surface area (Å²) in [6.07, 6.45) is 0. The molecule has 0 saturated carbocycles. The highest BCUT2D eigenvalue weighted by molar-refractivity contribution is 5.63. The van der Waals surface area contributed by atoms with Gasteiger partial charge in [0.1, 0.15) is 23.1 Å². The van der Waals surface area contributed by atoms with Gasteiger partial charge in [0.15, 0.2) is 0 Å². The number of nitrogens with zero attached hydrogens (tertiary/aromatic N) is 1. The highest BCUT2D eigenvalue weighted by Gasteiger charge is 2.15. The molecule has 0 aliphatic rings. The number of aromatic hydroxyl groups is 1. The smallest absolute Gasteiger partial charge is 0.296 e. The van der Waals surface area contributed by atoms with Crippen molar-refractivity contribution in [1.29, 1.82) is 0 Å². The van der Waals surface area contributed by atoms with Crippen molar-refractivity contribution < 1.29 is 18.8 Å². The molecule has 0 amide bonds. The van der Waals surface area contributed by atoms with Crippen molar-refractivity contribution >= 4 is 11.4 Å². The summed E-state index contributed by atoms with van der Waals surface area (Å²) >= 11 is 0. The third-order valence-electron chi connectivity index (χ3n) is 2.70. The van der Waals surface area contributed by atoms with Crippen LogP contribution < -0.4 is 5.32 Å². The molecule has 2 aromatic rings. The van der Waals surface area contributed by atoms with E-state index in [-0.39, 0.29) is 29.2 Å². The molecule has 0 bridgehead atoms. The first-order valence-corrected chi connectivity index (χ1v) is 5.63. The van der Waals surface area contributed by atoms with Crippen molar-refractivity contribution in [2.45, 2.75) is 6.54 Å². The van der Waals surface area contributed by atoms with E-state index in [1.54, 1.807) is 0 Å². The van der Waals surface area contributed by atoms with Crippen molar-refractivity contribution in [3.05, 3.63) is 63.7 Å². The van der Waals surface area contributed by atoms with E-state index in [0.29, 0.717) is 0 Å². The Labute approximate surface area is 112 Å². The maximum absolute atomic E-state index is 13.4. The summed E-state index contributed by atoms with van der Waals surface area (Å²) in [4.78, 5) is 10.1. The molecule has 0 spiro atoms. The highest BCUT2D eigenvalue weighted by Crippen LogP contribution is 2.29. The van der Waals surface area contributed by atoms with E-state index < -0.39 is 16.6 Å². The average molecular weight is 280 g/mol. The molecule has 0 unspecified atom stereocenters. The molecule has 0 saturated heterocycles. The van der Waals surface area contributed by atoms with E-state index >= 15 is 0 Å². The SMILES string of the molecule is O=[N+]([O-])c1cc(O)ccc1NCc1c(F)cccc1F. The molecule has 0 radical (unpaired) electrons. The second kappa shape index (κ2) is 5.52. The molecule has 0 fully saturated rings. The van der Waals surface area contributed by atoms with Gasteiger partial charge in [-0.3, -0.25) is 10.1 Å². The number of halogens is 2. The number of hydrogen-bond donors (Lipinski definition) is 2. The summed E-state index contributed by atoms with van der Waals surface area (Å²) in [5.41, 5.74) is -0.521. The molecule has 5 nitrogen and oxygen atoms in total. The number of phenolic OH excluding ortho intramolecular Hbond substituents is 1. The zero-order valence-electron chi connectivity index (χ0n) is 10.1. The fourth-order valence-corrected chi connectivity index (χ4v) is 1.71.